The molecule has 1 aliphatic rings. The van der Waals surface area contributed by atoms with Gasteiger partial charge in [-0.25, -0.2) is 0 Å². The molecule has 3 aromatic carbocycles. The lowest BCUT2D eigenvalue weighted by molar-refractivity contribution is 0.585. The molecule has 1 aliphatic carbocycles. The van der Waals surface area contributed by atoms with Crippen molar-refractivity contribution in [3.8, 4) is 11.1 Å². The zero-order chi connectivity index (χ0) is 20.8. The predicted octanol–water partition coefficient (Wildman–Crippen LogP) is 6.11. The molecule has 0 nitrogen and oxygen atoms in total. The van der Waals surface area contributed by atoms with E-state index in [-0.39, 0.29) is 10.8 Å². The van der Waals surface area contributed by atoms with E-state index in [1.165, 1.54) is 43.8 Å². The summed E-state index contributed by atoms with van der Waals surface area (Å²) in [6, 6.07) is 22.4. The Kier molecular flexibility index (Phi) is 4.77. The van der Waals surface area contributed by atoms with Crippen LogP contribution in [0.3, 0.4) is 0 Å². The van der Waals surface area contributed by atoms with Gasteiger partial charge in [-0.3, -0.25) is 0 Å². The predicted molar refractivity (Wildman–Crippen MR) is 127 cm³/mol. The topological polar surface area (TPSA) is 0 Å². The number of fused-ring (bicyclic) bond motifs is 3. The Morgan fingerprint density at radius 1 is 0.724 bits per heavy atom. The van der Waals surface area contributed by atoms with Crippen molar-refractivity contribution in [1.29, 1.82) is 0 Å². The van der Waals surface area contributed by atoms with Crippen LogP contribution < -0.4 is 10.4 Å². The highest BCUT2D eigenvalue weighted by Crippen LogP contribution is 2.32. The van der Waals surface area contributed by atoms with Crippen LogP contribution in [0.1, 0.15) is 63.8 Å². The first-order valence-corrected chi connectivity index (χ1v) is 10.7. The molecule has 29 heavy (non-hydrogen) atoms. The summed E-state index contributed by atoms with van der Waals surface area (Å²) < 4.78 is 0. The molecular formula is C29H32. The van der Waals surface area contributed by atoms with Crippen molar-refractivity contribution in [3.05, 3.63) is 93.4 Å². The Bertz CT molecular complexity index is 1160. The summed E-state index contributed by atoms with van der Waals surface area (Å²) >= 11 is 0. The zero-order valence-electron chi connectivity index (χ0n) is 18.6. The minimum atomic E-state index is 0.108. The van der Waals surface area contributed by atoms with E-state index >= 15 is 0 Å². The van der Waals surface area contributed by atoms with Crippen LogP contribution >= 0.6 is 0 Å². The number of benzene rings is 3. The molecule has 0 aromatic heterocycles. The molecule has 4 rings (SSSR count). The molecule has 0 radical (unpaired) electrons. The summed E-state index contributed by atoms with van der Waals surface area (Å²) in [6.07, 6.45) is 5.80. The normalized spacial score (nSPS) is 13.8. The van der Waals surface area contributed by atoms with Gasteiger partial charge in [0.2, 0.25) is 0 Å². The lowest BCUT2D eigenvalue weighted by Gasteiger charge is -2.21. The van der Waals surface area contributed by atoms with Crippen molar-refractivity contribution in [2.45, 2.75) is 58.8 Å². The summed E-state index contributed by atoms with van der Waals surface area (Å²) in [4.78, 5) is 0. The second-order valence-electron chi connectivity index (χ2n) is 10.3. The monoisotopic (exact) mass is 380 g/mol. The van der Waals surface area contributed by atoms with Gasteiger partial charge in [0.05, 0.1) is 0 Å². The number of hydrogen-bond donors (Lipinski definition) is 0. The average molecular weight is 381 g/mol. The maximum Gasteiger partial charge on any atom is -0.00881 e. The van der Waals surface area contributed by atoms with Gasteiger partial charge in [0.15, 0.2) is 0 Å². The van der Waals surface area contributed by atoms with Crippen molar-refractivity contribution >= 4 is 12.2 Å². The minimum Gasteiger partial charge on any atom is -0.0719 e. The highest BCUT2D eigenvalue weighted by atomic mass is 14.3. The van der Waals surface area contributed by atoms with Crippen LogP contribution in [0, 0.1) is 0 Å². The average Bonchev–Trinajstić information content (AvgIpc) is 3.03. The lowest BCUT2D eigenvalue weighted by atomic mass is 9.83. The smallest absolute Gasteiger partial charge is 0.00881 e. The molecule has 0 heteroatoms. The maximum absolute atomic E-state index is 2.43. The highest BCUT2D eigenvalue weighted by molar-refractivity contribution is 5.84. The molecule has 0 atom stereocenters. The molecule has 0 spiro atoms. The zero-order valence-corrected chi connectivity index (χ0v) is 18.6. The second-order valence-corrected chi connectivity index (χ2v) is 10.3. The van der Waals surface area contributed by atoms with Crippen LogP contribution in [0.2, 0.25) is 0 Å². The van der Waals surface area contributed by atoms with Crippen molar-refractivity contribution in [1.82, 2.24) is 0 Å². The van der Waals surface area contributed by atoms with E-state index in [0.29, 0.717) is 0 Å². The van der Waals surface area contributed by atoms with E-state index in [0.717, 1.165) is 6.42 Å². The summed E-state index contributed by atoms with van der Waals surface area (Å²) in [5.74, 6) is 0. The minimum absolute atomic E-state index is 0.108. The summed E-state index contributed by atoms with van der Waals surface area (Å²) in [7, 11) is 0. The van der Waals surface area contributed by atoms with E-state index in [4.69, 9.17) is 0 Å². The first kappa shape index (κ1) is 19.7. The van der Waals surface area contributed by atoms with E-state index in [9.17, 15) is 0 Å². The molecule has 0 N–H and O–H groups in total. The van der Waals surface area contributed by atoms with E-state index in [1.54, 1.807) is 0 Å². The molecule has 0 saturated carbocycles. The molecule has 0 unspecified atom stereocenters. The van der Waals surface area contributed by atoms with Crippen LogP contribution in [0.25, 0.3) is 23.3 Å². The fourth-order valence-corrected chi connectivity index (χ4v) is 4.28. The van der Waals surface area contributed by atoms with Gasteiger partial charge in [-0.1, -0.05) is 108 Å². The first-order valence-electron chi connectivity index (χ1n) is 10.7. The van der Waals surface area contributed by atoms with Crippen LogP contribution in [0.15, 0.2) is 60.7 Å². The van der Waals surface area contributed by atoms with Crippen LogP contribution in [0.4, 0.5) is 0 Å². The van der Waals surface area contributed by atoms with Gasteiger partial charge in [0.25, 0.3) is 0 Å². The molecule has 0 amide bonds. The fraction of sp³-hybridized carbons (Fsp3) is 0.310. The van der Waals surface area contributed by atoms with Crippen LogP contribution in [-0.2, 0) is 17.3 Å². The molecule has 0 saturated heterocycles. The molecule has 0 fully saturated rings. The largest absolute Gasteiger partial charge is 0.0719 e. The maximum atomic E-state index is 2.43. The van der Waals surface area contributed by atoms with Crippen molar-refractivity contribution in [2.24, 2.45) is 0 Å². The lowest BCUT2D eigenvalue weighted by Crippen LogP contribution is -2.34. The molecule has 0 bridgehead atoms. The van der Waals surface area contributed by atoms with Gasteiger partial charge in [0.1, 0.15) is 0 Å². The van der Waals surface area contributed by atoms with Gasteiger partial charge >= 0.3 is 0 Å². The Morgan fingerprint density at radius 3 is 2.07 bits per heavy atom. The van der Waals surface area contributed by atoms with Crippen molar-refractivity contribution < 1.29 is 0 Å². The van der Waals surface area contributed by atoms with Crippen LogP contribution in [-0.4, -0.2) is 0 Å². The highest BCUT2D eigenvalue weighted by Gasteiger charge is 2.22. The molecule has 0 heterocycles. The standard InChI is InChI=1S/C29H32/c1-28(2,3)22-13-15-23-21(18-22)19-26-24(23)16-17-27(29(4,5)6)25(26)14-12-20-10-8-7-9-11-20/h7-11,13-19H,12H2,1-6H3. The molecule has 0 aliphatic heterocycles. The van der Waals surface area contributed by atoms with Gasteiger partial charge in [-0.15, -0.1) is 0 Å². The summed E-state index contributed by atoms with van der Waals surface area (Å²) in [6.45, 7) is 13.8. The SMILES string of the molecule is CC(C)(C)c1ccc2c(c1)C=c1c-2ccc(C(C)(C)C)c1=CCc1ccccc1. The van der Waals surface area contributed by atoms with Crippen molar-refractivity contribution in [2.75, 3.05) is 0 Å². The number of rotatable bonds is 2. The second kappa shape index (κ2) is 7.02. The third-order valence-corrected chi connectivity index (χ3v) is 5.99. The van der Waals surface area contributed by atoms with Crippen molar-refractivity contribution in [3.63, 3.8) is 0 Å². The van der Waals surface area contributed by atoms with Gasteiger partial charge in [-0.2, -0.15) is 0 Å². The summed E-state index contributed by atoms with van der Waals surface area (Å²) in [5, 5.41) is 2.78. The third-order valence-electron chi connectivity index (χ3n) is 5.99. The Labute approximate surface area is 175 Å². The third kappa shape index (κ3) is 3.81. The first-order chi connectivity index (χ1) is 13.6. The summed E-state index contributed by atoms with van der Waals surface area (Å²) in [5.41, 5.74) is 8.53. The molecule has 148 valence electrons. The van der Waals surface area contributed by atoms with E-state index in [1.807, 2.05) is 0 Å². The van der Waals surface area contributed by atoms with Crippen LogP contribution in [0.5, 0.6) is 0 Å². The van der Waals surface area contributed by atoms with Gasteiger partial charge in [-0.05, 0) is 67.1 Å². The fourth-order valence-electron chi connectivity index (χ4n) is 4.28. The Balaban J connectivity index is 1.93. The van der Waals surface area contributed by atoms with Gasteiger partial charge in [0, 0.05) is 0 Å². The molecule has 3 aromatic rings. The van der Waals surface area contributed by atoms with E-state index in [2.05, 4.69) is 114 Å². The van der Waals surface area contributed by atoms with Gasteiger partial charge < -0.3 is 0 Å². The quantitative estimate of drug-likeness (QED) is 0.393. The number of hydrogen-bond acceptors (Lipinski definition) is 0. The molecular weight excluding hydrogens is 348 g/mol. The Morgan fingerprint density at radius 2 is 1.41 bits per heavy atom. The Hall–Kier alpha value is -2.60. The van der Waals surface area contributed by atoms with E-state index < -0.39 is 0 Å².